The van der Waals surface area contributed by atoms with Crippen molar-refractivity contribution < 1.29 is 24.5 Å². The van der Waals surface area contributed by atoms with Crippen molar-refractivity contribution in [3.63, 3.8) is 0 Å². The Bertz CT molecular complexity index is 539. The number of carboxylic acid groups (broad SMARTS) is 1. The Balaban J connectivity index is 2.79. The molecule has 1 aromatic rings. The van der Waals surface area contributed by atoms with Gasteiger partial charge in [-0.3, -0.25) is 0 Å². The Hall–Kier alpha value is -1.76. The molecule has 0 aliphatic carbocycles. The van der Waals surface area contributed by atoms with Crippen LogP contribution in [0.4, 0.5) is 4.79 Å². The van der Waals surface area contributed by atoms with Gasteiger partial charge in [-0.2, -0.15) is 0 Å². The van der Waals surface area contributed by atoms with Crippen LogP contribution in [0.25, 0.3) is 0 Å². The van der Waals surface area contributed by atoms with Crippen LogP contribution in [-0.2, 0) is 16.0 Å². The van der Waals surface area contributed by atoms with E-state index in [0.717, 1.165) is 0 Å². The Morgan fingerprint density at radius 1 is 1.38 bits per heavy atom. The van der Waals surface area contributed by atoms with Crippen LogP contribution in [-0.4, -0.2) is 33.9 Å². The van der Waals surface area contributed by atoms with Gasteiger partial charge in [0.15, 0.2) is 0 Å². The number of carbonyl (C=O) groups is 2. The number of alkyl carbamates (subject to hydrolysis) is 1. The summed E-state index contributed by atoms with van der Waals surface area (Å²) in [6.07, 6.45) is -0.722. The van der Waals surface area contributed by atoms with E-state index in [-0.39, 0.29) is 12.2 Å². The largest absolute Gasteiger partial charge is 0.508 e. The first-order valence-electron chi connectivity index (χ1n) is 6.28. The highest BCUT2D eigenvalue weighted by Crippen LogP contribution is 2.23. The summed E-state index contributed by atoms with van der Waals surface area (Å²) in [6.45, 7) is 5.08. The van der Waals surface area contributed by atoms with Gasteiger partial charge in [0.1, 0.15) is 17.4 Å². The number of rotatable bonds is 4. The van der Waals surface area contributed by atoms with Gasteiger partial charge >= 0.3 is 12.1 Å². The van der Waals surface area contributed by atoms with Crippen LogP contribution in [0, 0.1) is 0 Å². The summed E-state index contributed by atoms with van der Waals surface area (Å²) in [5.74, 6) is -1.10. The third-order valence-electron chi connectivity index (χ3n) is 2.45. The summed E-state index contributed by atoms with van der Waals surface area (Å²) in [4.78, 5) is 22.9. The summed E-state index contributed by atoms with van der Waals surface area (Å²) < 4.78 is 5.61. The van der Waals surface area contributed by atoms with Crippen LogP contribution >= 0.6 is 15.9 Å². The van der Waals surface area contributed by atoms with Crippen molar-refractivity contribution in [3.05, 3.63) is 28.2 Å². The monoisotopic (exact) mass is 359 g/mol. The maximum absolute atomic E-state index is 11.7. The van der Waals surface area contributed by atoms with Crippen molar-refractivity contribution in [1.29, 1.82) is 0 Å². The number of hydrogen-bond acceptors (Lipinski definition) is 4. The van der Waals surface area contributed by atoms with E-state index in [0.29, 0.717) is 10.0 Å². The number of amides is 1. The number of aromatic hydroxyl groups is 1. The molecule has 3 N–H and O–H groups in total. The molecule has 1 aromatic carbocycles. The molecule has 1 rings (SSSR count). The minimum Gasteiger partial charge on any atom is -0.508 e. The van der Waals surface area contributed by atoms with Gasteiger partial charge in [-0.25, -0.2) is 9.59 Å². The molecule has 21 heavy (non-hydrogen) atoms. The van der Waals surface area contributed by atoms with Crippen molar-refractivity contribution in [2.75, 3.05) is 0 Å². The smallest absolute Gasteiger partial charge is 0.408 e. The second-order valence-corrected chi connectivity index (χ2v) is 6.37. The van der Waals surface area contributed by atoms with Crippen LogP contribution in [0.2, 0.25) is 0 Å². The van der Waals surface area contributed by atoms with Gasteiger partial charge in [0.25, 0.3) is 0 Å². The lowest BCUT2D eigenvalue weighted by molar-refractivity contribution is -0.139. The fourth-order valence-electron chi connectivity index (χ4n) is 1.57. The number of hydrogen-bond donors (Lipinski definition) is 3. The van der Waals surface area contributed by atoms with Crippen LogP contribution in [0.15, 0.2) is 22.7 Å². The third-order valence-corrected chi connectivity index (χ3v) is 3.19. The Morgan fingerprint density at radius 2 is 2.00 bits per heavy atom. The molecule has 0 aliphatic heterocycles. The Morgan fingerprint density at radius 3 is 2.48 bits per heavy atom. The first-order valence-corrected chi connectivity index (χ1v) is 7.07. The number of benzene rings is 1. The minimum absolute atomic E-state index is 0.0649. The van der Waals surface area contributed by atoms with Crippen LogP contribution in [0.1, 0.15) is 26.3 Å². The number of phenolic OH excluding ortho intramolecular Hbond substituents is 1. The maximum Gasteiger partial charge on any atom is 0.408 e. The summed E-state index contributed by atoms with van der Waals surface area (Å²) in [5, 5.41) is 20.8. The molecule has 6 nitrogen and oxygen atoms in total. The van der Waals surface area contributed by atoms with E-state index >= 15 is 0 Å². The van der Waals surface area contributed by atoms with E-state index in [2.05, 4.69) is 21.2 Å². The van der Waals surface area contributed by atoms with Gasteiger partial charge in [-0.1, -0.05) is 22.0 Å². The van der Waals surface area contributed by atoms with Gasteiger partial charge in [-0.05, 0) is 38.5 Å². The zero-order valence-corrected chi connectivity index (χ0v) is 13.6. The molecule has 1 atom stereocenters. The van der Waals surface area contributed by atoms with E-state index in [9.17, 15) is 19.8 Å². The number of phenols is 1. The van der Waals surface area contributed by atoms with Crippen molar-refractivity contribution in [2.45, 2.75) is 38.8 Å². The molecule has 116 valence electrons. The van der Waals surface area contributed by atoms with Crippen LogP contribution in [0.5, 0.6) is 5.75 Å². The lowest BCUT2D eigenvalue weighted by Gasteiger charge is -2.22. The second kappa shape index (κ2) is 6.80. The van der Waals surface area contributed by atoms with E-state index in [1.54, 1.807) is 26.8 Å². The molecule has 0 spiro atoms. The molecule has 7 heteroatoms. The highest BCUT2D eigenvalue weighted by atomic mass is 79.9. The Labute approximate surface area is 131 Å². The molecule has 0 saturated carbocycles. The Kier molecular flexibility index (Phi) is 5.60. The van der Waals surface area contributed by atoms with Gasteiger partial charge in [0, 0.05) is 10.9 Å². The topological polar surface area (TPSA) is 95.9 Å². The highest BCUT2D eigenvalue weighted by molar-refractivity contribution is 9.10. The van der Waals surface area contributed by atoms with Crippen molar-refractivity contribution in [1.82, 2.24) is 5.32 Å². The maximum atomic E-state index is 11.7. The number of ether oxygens (including phenoxy) is 1. The summed E-state index contributed by atoms with van der Waals surface area (Å²) in [6, 6.07) is 3.38. The van der Waals surface area contributed by atoms with E-state index < -0.39 is 23.7 Å². The SMILES string of the molecule is CC(C)(C)OC(=O)N[C@@H](Cc1ccc(O)cc1Br)C(=O)O. The molecule has 0 saturated heterocycles. The molecule has 0 bridgehead atoms. The zero-order chi connectivity index (χ0) is 16.2. The number of aliphatic carboxylic acids is 1. The predicted molar refractivity (Wildman–Crippen MR) is 80.3 cm³/mol. The van der Waals surface area contributed by atoms with Gasteiger partial charge in [0.2, 0.25) is 0 Å². The van der Waals surface area contributed by atoms with Crippen LogP contribution in [0.3, 0.4) is 0 Å². The molecule has 1 amide bonds. The first-order chi connectivity index (χ1) is 9.58. The predicted octanol–water partition coefficient (Wildman–Crippen LogP) is 2.68. The fraction of sp³-hybridized carbons (Fsp3) is 0.429. The number of halogens is 1. The molecule has 0 aliphatic rings. The second-order valence-electron chi connectivity index (χ2n) is 5.52. The van der Waals surface area contributed by atoms with E-state index in [4.69, 9.17) is 4.74 Å². The standard InChI is InChI=1S/C14H18BrNO5/c1-14(2,3)21-13(20)16-11(12(18)19)6-8-4-5-9(17)7-10(8)15/h4-5,7,11,17H,6H2,1-3H3,(H,16,20)(H,18,19)/t11-/m0/s1. The fourth-order valence-corrected chi connectivity index (χ4v) is 2.10. The first kappa shape index (κ1) is 17.3. The van der Waals surface area contributed by atoms with Crippen LogP contribution < -0.4 is 5.32 Å². The molecular weight excluding hydrogens is 342 g/mol. The number of carbonyl (C=O) groups excluding carboxylic acids is 1. The highest BCUT2D eigenvalue weighted by Gasteiger charge is 2.24. The normalized spacial score (nSPS) is 12.6. The van der Waals surface area contributed by atoms with Crippen molar-refractivity contribution in [2.24, 2.45) is 0 Å². The molecule has 0 heterocycles. The summed E-state index contributed by atoms with van der Waals surface area (Å²) >= 11 is 3.24. The molecular formula is C14H18BrNO5. The van der Waals surface area contributed by atoms with Crippen molar-refractivity contribution >= 4 is 28.0 Å². The summed E-state index contributed by atoms with van der Waals surface area (Å²) in [7, 11) is 0. The zero-order valence-electron chi connectivity index (χ0n) is 12.0. The lowest BCUT2D eigenvalue weighted by Crippen LogP contribution is -2.44. The summed E-state index contributed by atoms with van der Waals surface area (Å²) in [5.41, 5.74) is -0.0528. The van der Waals surface area contributed by atoms with Gasteiger partial charge in [-0.15, -0.1) is 0 Å². The minimum atomic E-state index is -1.17. The number of nitrogens with one attached hydrogen (secondary N) is 1. The average Bonchev–Trinajstić information content (AvgIpc) is 2.28. The van der Waals surface area contributed by atoms with Crippen molar-refractivity contribution in [3.8, 4) is 5.75 Å². The molecule has 0 fully saturated rings. The molecule has 0 aromatic heterocycles. The quantitative estimate of drug-likeness (QED) is 0.767. The van der Waals surface area contributed by atoms with E-state index in [1.165, 1.54) is 12.1 Å². The number of carboxylic acids is 1. The van der Waals surface area contributed by atoms with Gasteiger partial charge in [0.05, 0.1) is 0 Å². The molecule has 0 radical (unpaired) electrons. The van der Waals surface area contributed by atoms with E-state index in [1.807, 2.05) is 0 Å². The lowest BCUT2D eigenvalue weighted by atomic mass is 10.1. The molecule has 0 unspecified atom stereocenters. The average molecular weight is 360 g/mol. The van der Waals surface area contributed by atoms with Gasteiger partial charge < -0.3 is 20.3 Å². The third kappa shape index (κ3) is 6.03.